The number of aldehydes is 1. The van der Waals surface area contributed by atoms with E-state index < -0.39 is 0 Å². The molecular formula is C12H13N3O2. The van der Waals surface area contributed by atoms with E-state index in [2.05, 4.69) is 10.3 Å². The van der Waals surface area contributed by atoms with Crippen molar-refractivity contribution in [3.63, 3.8) is 0 Å². The van der Waals surface area contributed by atoms with Gasteiger partial charge in [-0.25, -0.2) is 4.98 Å². The molecule has 1 N–H and O–H groups in total. The lowest BCUT2D eigenvalue weighted by Crippen LogP contribution is -2.22. The minimum atomic E-state index is -0.343. The largest absolute Gasteiger partial charge is 0.370 e. The number of pyridine rings is 1. The first kappa shape index (κ1) is 11.3. The molecular weight excluding hydrogens is 218 g/mol. The molecule has 0 fully saturated rings. The summed E-state index contributed by atoms with van der Waals surface area (Å²) >= 11 is 0. The van der Waals surface area contributed by atoms with Crippen molar-refractivity contribution < 1.29 is 4.79 Å². The maximum atomic E-state index is 12.1. The predicted molar refractivity (Wildman–Crippen MR) is 65.8 cm³/mol. The Kier molecular flexibility index (Phi) is 2.91. The topological polar surface area (TPSA) is 63.5 Å². The average molecular weight is 231 g/mol. The van der Waals surface area contributed by atoms with Crippen LogP contribution in [0.3, 0.4) is 0 Å². The molecule has 2 rings (SSSR count). The number of fused-ring (bicyclic) bond motifs is 1. The fourth-order valence-electron chi connectivity index (χ4n) is 1.72. The molecule has 5 heteroatoms. The van der Waals surface area contributed by atoms with Crippen molar-refractivity contribution >= 4 is 17.8 Å². The summed E-state index contributed by atoms with van der Waals surface area (Å²) in [5.41, 5.74) is 1.18. The molecule has 0 aromatic carbocycles. The van der Waals surface area contributed by atoms with Crippen molar-refractivity contribution in [2.75, 3.05) is 11.9 Å². The molecule has 2 aromatic heterocycles. The smallest absolute Gasteiger partial charge is 0.270 e. The number of nitrogens with zero attached hydrogens (tertiary/aromatic N) is 2. The summed E-state index contributed by atoms with van der Waals surface area (Å²) in [6, 6.07) is 3.63. The number of hydrogen-bond donors (Lipinski definition) is 1. The Bertz CT molecular complexity index is 631. The second kappa shape index (κ2) is 4.37. The summed E-state index contributed by atoms with van der Waals surface area (Å²) in [6.45, 7) is 4.36. The SMILES string of the molecule is CCNc1nc2c(C)cccn2c(=O)c1C=O. The first-order chi connectivity index (χ1) is 8.19. The van der Waals surface area contributed by atoms with E-state index >= 15 is 0 Å². The van der Waals surface area contributed by atoms with Gasteiger partial charge in [0.15, 0.2) is 6.29 Å². The molecule has 0 amide bonds. The number of hydrogen-bond acceptors (Lipinski definition) is 4. The Morgan fingerprint density at radius 1 is 1.53 bits per heavy atom. The lowest BCUT2D eigenvalue weighted by molar-refractivity contribution is 0.112. The maximum Gasteiger partial charge on any atom is 0.270 e. The van der Waals surface area contributed by atoms with Gasteiger partial charge in [0, 0.05) is 12.7 Å². The molecule has 0 aliphatic carbocycles. The van der Waals surface area contributed by atoms with Gasteiger partial charge in [-0.05, 0) is 25.5 Å². The van der Waals surface area contributed by atoms with E-state index in [1.807, 2.05) is 19.9 Å². The second-order valence-electron chi connectivity index (χ2n) is 3.71. The van der Waals surface area contributed by atoms with Gasteiger partial charge in [-0.2, -0.15) is 0 Å². The van der Waals surface area contributed by atoms with E-state index in [1.165, 1.54) is 4.40 Å². The van der Waals surface area contributed by atoms with Crippen LogP contribution in [0.2, 0.25) is 0 Å². The third-order valence-electron chi connectivity index (χ3n) is 2.55. The van der Waals surface area contributed by atoms with Crippen LogP contribution < -0.4 is 10.9 Å². The monoisotopic (exact) mass is 231 g/mol. The van der Waals surface area contributed by atoms with Crippen LogP contribution in [0.4, 0.5) is 5.82 Å². The average Bonchev–Trinajstić information content (AvgIpc) is 2.32. The molecule has 5 nitrogen and oxygen atoms in total. The number of anilines is 1. The molecule has 88 valence electrons. The summed E-state index contributed by atoms with van der Waals surface area (Å²) < 4.78 is 1.39. The van der Waals surface area contributed by atoms with Crippen molar-refractivity contribution in [1.29, 1.82) is 0 Å². The number of rotatable bonds is 3. The minimum Gasteiger partial charge on any atom is -0.370 e. The van der Waals surface area contributed by atoms with Crippen LogP contribution in [0, 0.1) is 6.92 Å². The quantitative estimate of drug-likeness (QED) is 0.807. The highest BCUT2D eigenvalue weighted by Crippen LogP contribution is 2.11. The van der Waals surface area contributed by atoms with Gasteiger partial charge >= 0.3 is 0 Å². The molecule has 17 heavy (non-hydrogen) atoms. The van der Waals surface area contributed by atoms with E-state index in [1.54, 1.807) is 12.3 Å². The van der Waals surface area contributed by atoms with Gasteiger partial charge in [0.1, 0.15) is 17.0 Å². The van der Waals surface area contributed by atoms with Gasteiger partial charge in [0.2, 0.25) is 0 Å². The van der Waals surface area contributed by atoms with Crippen molar-refractivity contribution in [1.82, 2.24) is 9.38 Å². The second-order valence-corrected chi connectivity index (χ2v) is 3.71. The number of aryl methyl sites for hydroxylation is 1. The predicted octanol–water partition coefficient (Wildman–Crippen LogP) is 1.25. The number of aromatic nitrogens is 2. The third kappa shape index (κ3) is 1.80. The van der Waals surface area contributed by atoms with Gasteiger partial charge in [-0.3, -0.25) is 14.0 Å². The Labute approximate surface area is 98.1 Å². The first-order valence-corrected chi connectivity index (χ1v) is 5.40. The zero-order valence-corrected chi connectivity index (χ0v) is 9.73. The Morgan fingerprint density at radius 2 is 2.29 bits per heavy atom. The zero-order chi connectivity index (χ0) is 12.4. The van der Waals surface area contributed by atoms with Crippen molar-refractivity contribution in [2.24, 2.45) is 0 Å². The van der Waals surface area contributed by atoms with E-state index in [4.69, 9.17) is 0 Å². The van der Waals surface area contributed by atoms with E-state index in [9.17, 15) is 9.59 Å². The van der Waals surface area contributed by atoms with Crippen LogP contribution in [-0.2, 0) is 0 Å². The van der Waals surface area contributed by atoms with Crippen molar-refractivity contribution in [3.8, 4) is 0 Å². The Morgan fingerprint density at radius 3 is 2.94 bits per heavy atom. The molecule has 0 saturated heterocycles. The highest BCUT2D eigenvalue weighted by molar-refractivity contribution is 5.82. The summed E-state index contributed by atoms with van der Waals surface area (Å²) in [5, 5.41) is 2.93. The van der Waals surface area contributed by atoms with Crippen LogP contribution in [-0.4, -0.2) is 22.2 Å². The molecule has 0 spiro atoms. The van der Waals surface area contributed by atoms with Crippen molar-refractivity contribution in [3.05, 3.63) is 39.8 Å². The molecule has 0 aliphatic rings. The number of carbonyl (C=O) groups is 1. The lowest BCUT2D eigenvalue weighted by atomic mass is 10.2. The highest BCUT2D eigenvalue weighted by Gasteiger charge is 2.12. The van der Waals surface area contributed by atoms with Crippen LogP contribution in [0.1, 0.15) is 22.8 Å². The third-order valence-corrected chi connectivity index (χ3v) is 2.55. The van der Waals surface area contributed by atoms with Crippen molar-refractivity contribution in [2.45, 2.75) is 13.8 Å². The van der Waals surface area contributed by atoms with E-state index in [0.717, 1.165) is 5.56 Å². The molecule has 0 atom stereocenters. The highest BCUT2D eigenvalue weighted by atomic mass is 16.1. The van der Waals surface area contributed by atoms with E-state index in [-0.39, 0.29) is 11.1 Å². The number of carbonyl (C=O) groups excluding carboxylic acids is 1. The van der Waals surface area contributed by atoms with Crippen LogP contribution >= 0.6 is 0 Å². The molecule has 0 saturated carbocycles. The summed E-state index contributed by atoms with van der Waals surface area (Å²) in [5.74, 6) is 0.349. The standard InChI is InChI=1S/C12H13N3O2/c1-3-13-10-9(7-16)12(17)15-6-4-5-8(2)11(15)14-10/h4-7,13H,3H2,1-2H3. The van der Waals surface area contributed by atoms with Crippen LogP contribution in [0.25, 0.3) is 5.65 Å². The Hall–Kier alpha value is -2.17. The van der Waals surface area contributed by atoms with Gasteiger partial charge in [-0.15, -0.1) is 0 Å². The minimum absolute atomic E-state index is 0.0648. The fourth-order valence-corrected chi connectivity index (χ4v) is 1.72. The molecule has 2 heterocycles. The fraction of sp³-hybridized carbons (Fsp3) is 0.250. The molecule has 0 aliphatic heterocycles. The Balaban J connectivity index is 2.88. The summed E-state index contributed by atoms with van der Waals surface area (Å²) in [6.07, 6.45) is 2.16. The molecule has 0 bridgehead atoms. The normalized spacial score (nSPS) is 10.5. The zero-order valence-electron chi connectivity index (χ0n) is 9.73. The van der Waals surface area contributed by atoms with Crippen LogP contribution in [0.5, 0.6) is 0 Å². The molecule has 0 radical (unpaired) electrons. The van der Waals surface area contributed by atoms with Gasteiger partial charge in [-0.1, -0.05) is 6.07 Å². The van der Waals surface area contributed by atoms with Gasteiger partial charge in [0.05, 0.1) is 0 Å². The number of nitrogens with one attached hydrogen (secondary N) is 1. The van der Waals surface area contributed by atoms with E-state index in [0.29, 0.717) is 24.3 Å². The van der Waals surface area contributed by atoms with Crippen LogP contribution in [0.15, 0.2) is 23.1 Å². The van der Waals surface area contributed by atoms with Gasteiger partial charge in [0.25, 0.3) is 5.56 Å². The van der Waals surface area contributed by atoms with Gasteiger partial charge < -0.3 is 5.32 Å². The molecule has 2 aromatic rings. The first-order valence-electron chi connectivity index (χ1n) is 5.40. The summed E-state index contributed by atoms with van der Waals surface area (Å²) in [7, 11) is 0. The maximum absolute atomic E-state index is 12.1. The lowest BCUT2D eigenvalue weighted by Gasteiger charge is -2.09. The summed E-state index contributed by atoms with van der Waals surface area (Å²) in [4.78, 5) is 27.3. The molecule has 0 unspecified atom stereocenters.